The molecule has 118 valence electrons. The number of carbonyl (C=O) groups is 2. The molecule has 6 nitrogen and oxygen atoms in total. The predicted molar refractivity (Wildman–Crippen MR) is 82.8 cm³/mol. The largest absolute Gasteiger partial charge is 0.481 e. The number of carbonyl (C=O) groups excluding carboxylic acids is 1. The van der Waals surface area contributed by atoms with Gasteiger partial charge in [-0.1, -0.05) is 0 Å². The highest BCUT2D eigenvalue weighted by molar-refractivity contribution is 5.71. The van der Waals surface area contributed by atoms with Gasteiger partial charge >= 0.3 is 5.97 Å². The molecule has 1 aromatic rings. The molecule has 1 saturated carbocycles. The molecule has 0 unspecified atom stereocenters. The van der Waals surface area contributed by atoms with E-state index in [0.717, 1.165) is 44.6 Å². The van der Waals surface area contributed by atoms with Gasteiger partial charge in [-0.3, -0.25) is 9.59 Å². The summed E-state index contributed by atoms with van der Waals surface area (Å²) >= 11 is 0. The highest BCUT2D eigenvalue weighted by Crippen LogP contribution is 2.53. The number of rotatable bonds is 5. The number of pyridine rings is 1. The van der Waals surface area contributed by atoms with E-state index in [4.69, 9.17) is 5.11 Å². The second-order valence-electron chi connectivity index (χ2n) is 6.53. The van der Waals surface area contributed by atoms with Crippen LogP contribution in [0.5, 0.6) is 0 Å². The highest BCUT2D eigenvalue weighted by atomic mass is 16.4. The fraction of sp³-hybridized carbons (Fsp3) is 0.562. The van der Waals surface area contributed by atoms with E-state index in [1.54, 1.807) is 6.20 Å². The monoisotopic (exact) mass is 303 g/mol. The van der Waals surface area contributed by atoms with Crippen molar-refractivity contribution in [1.82, 2.24) is 4.98 Å². The van der Waals surface area contributed by atoms with Crippen LogP contribution in [0.2, 0.25) is 0 Å². The van der Waals surface area contributed by atoms with Crippen LogP contribution < -0.4 is 10.2 Å². The van der Waals surface area contributed by atoms with Crippen LogP contribution in [0.25, 0.3) is 0 Å². The summed E-state index contributed by atoms with van der Waals surface area (Å²) in [5.74, 6) is 0.633. The lowest BCUT2D eigenvalue weighted by Gasteiger charge is -2.52. The number of aromatic nitrogens is 1. The molecule has 2 fully saturated rings. The van der Waals surface area contributed by atoms with Gasteiger partial charge in [0.2, 0.25) is 6.41 Å². The van der Waals surface area contributed by atoms with Gasteiger partial charge in [-0.05, 0) is 49.1 Å². The lowest BCUT2D eigenvalue weighted by molar-refractivity contribution is -0.140. The normalized spacial score (nSPS) is 20.5. The van der Waals surface area contributed by atoms with Gasteiger partial charge < -0.3 is 15.3 Å². The number of hydrogen-bond acceptors (Lipinski definition) is 4. The Morgan fingerprint density at radius 2 is 2.14 bits per heavy atom. The van der Waals surface area contributed by atoms with Crippen molar-refractivity contribution in [1.29, 1.82) is 0 Å². The van der Waals surface area contributed by atoms with Crippen molar-refractivity contribution in [3.05, 3.63) is 18.3 Å². The van der Waals surface area contributed by atoms with Crippen molar-refractivity contribution >= 4 is 23.9 Å². The van der Waals surface area contributed by atoms with Gasteiger partial charge in [0, 0.05) is 19.5 Å². The number of nitrogens with zero attached hydrogens (tertiary/aromatic N) is 2. The summed E-state index contributed by atoms with van der Waals surface area (Å²) in [6.07, 6.45) is 6.97. The maximum absolute atomic E-state index is 10.7. The van der Waals surface area contributed by atoms with Crippen molar-refractivity contribution in [2.24, 2.45) is 11.3 Å². The molecule has 1 amide bonds. The predicted octanol–water partition coefficient (Wildman–Crippen LogP) is 2.12. The van der Waals surface area contributed by atoms with Gasteiger partial charge in [-0.2, -0.15) is 0 Å². The van der Waals surface area contributed by atoms with Crippen molar-refractivity contribution < 1.29 is 14.7 Å². The lowest BCUT2D eigenvalue weighted by atomic mass is 9.57. The zero-order chi connectivity index (χ0) is 15.6. The molecule has 1 aliphatic carbocycles. The van der Waals surface area contributed by atoms with Crippen molar-refractivity contribution in [3.8, 4) is 0 Å². The molecule has 22 heavy (non-hydrogen) atoms. The number of aliphatic carboxylic acids is 1. The van der Waals surface area contributed by atoms with Crippen LogP contribution in [0, 0.1) is 11.3 Å². The standard InChI is InChI=1S/C16H21N3O3/c20-11-18-13-1-2-14(17-10-13)19-5-3-16(4-6-19)8-12(9-16)7-15(21)22/h1-2,10-12H,3-9H2,(H,18,20)(H,21,22). The van der Waals surface area contributed by atoms with Crippen LogP contribution in [-0.4, -0.2) is 35.6 Å². The van der Waals surface area contributed by atoms with Gasteiger partial charge in [0.25, 0.3) is 0 Å². The van der Waals surface area contributed by atoms with Crippen LogP contribution in [0.3, 0.4) is 0 Å². The van der Waals surface area contributed by atoms with E-state index in [-0.39, 0.29) is 0 Å². The molecule has 0 bridgehead atoms. The van der Waals surface area contributed by atoms with E-state index in [1.807, 2.05) is 12.1 Å². The lowest BCUT2D eigenvalue weighted by Crippen LogP contribution is -2.47. The molecular weight excluding hydrogens is 282 g/mol. The zero-order valence-corrected chi connectivity index (χ0v) is 12.5. The smallest absolute Gasteiger partial charge is 0.303 e. The van der Waals surface area contributed by atoms with Crippen molar-refractivity contribution in [3.63, 3.8) is 0 Å². The third kappa shape index (κ3) is 3.05. The maximum atomic E-state index is 10.7. The number of carboxylic acid groups (broad SMARTS) is 1. The molecule has 3 rings (SSSR count). The summed E-state index contributed by atoms with van der Waals surface area (Å²) in [5, 5.41) is 11.4. The molecule has 6 heteroatoms. The molecule has 2 aliphatic rings. The molecular formula is C16H21N3O3. The Morgan fingerprint density at radius 3 is 2.68 bits per heavy atom. The third-order valence-corrected chi connectivity index (χ3v) is 5.03. The van der Waals surface area contributed by atoms with E-state index in [0.29, 0.717) is 29.9 Å². The second-order valence-corrected chi connectivity index (χ2v) is 6.53. The second kappa shape index (κ2) is 5.94. The maximum Gasteiger partial charge on any atom is 0.303 e. The minimum atomic E-state index is -0.675. The molecule has 2 heterocycles. The Kier molecular flexibility index (Phi) is 4.00. The fourth-order valence-electron chi connectivity index (χ4n) is 3.90. The first-order valence-electron chi connectivity index (χ1n) is 7.73. The third-order valence-electron chi connectivity index (χ3n) is 5.03. The van der Waals surface area contributed by atoms with Gasteiger partial charge in [-0.25, -0.2) is 4.98 Å². The van der Waals surface area contributed by atoms with Gasteiger partial charge in [0.05, 0.1) is 11.9 Å². The number of nitrogens with one attached hydrogen (secondary N) is 1. The summed E-state index contributed by atoms with van der Waals surface area (Å²) in [6.45, 7) is 1.93. The van der Waals surface area contributed by atoms with E-state index < -0.39 is 5.97 Å². The first kappa shape index (κ1) is 14.8. The molecule has 0 aromatic carbocycles. The minimum Gasteiger partial charge on any atom is -0.481 e. The minimum absolute atomic E-state index is 0.318. The van der Waals surface area contributed by atoms with E-state index in [9.17, 15) is 9.59 Å². The Balaban J connectivity index is 1.52. The topological polar surface area (TPSA) is 82.5 Å². The SMILES string of the molecule is O=CNc1ccc(N2CCC3(CC2)CC(CC(=O)O)C3)nc1. The Hall–Kier alpha value is -2.11. The molecule has 2 N–H and O–H groups in total. The van der Waals surface area contributed by atoms with Crippen molar-refractivity contribution in [2.45, 2.75) is 32.1 Å². The van der Waals surface area contributed by atoms with Crippen LogP contribution in [0.15, 0.2) is 18.3 Å². The number of anilines is 2. The summed E-state index contributed by atoms with van der Waals surface area (Å²) < 4.78 is 0. The van der Waals surface area contributed by atoms with Gasteiger partial charge in [0.15, 0.2) is 0 Å². The first-order chi connectivity index (χ1) is 10.6. The summed E-state index contributed by atoms with van der Waals surface area (Å²) in [7, 11) is 0. The Morgan fingerprint density at radius 1 is 1.41 bits per heavy atom. The molecule has 1 spiro atoms. The van der Waals surface area contributed by atoms with Crippen LogP contribution in [0.1, 0.15) is 32.1 Å². The van der Waals surface area contributed by atoms with Crippen LogP contribution in [-0.2, 0) is 9.59 Å². The van der Waals surface area contributed by atoms with Crippen LogP contribution >= 0.6 is 0 Å². The van der Waals surface area contributed by atoms with Crippen LogP contribution in [0.4, 0.5) is 11.5 Å². The molecule has 0 radical (unpaired) electrons. The summed E-state index contributed by atoms with van der Waals surface area (Å²) in [6, 6.07) is 3.78. The average Bonchev–Trinajstić information content (AvgIpc) is 2.47. The molecule has 1 saturated heterocycles. The highest BCUT2D eigenvalue weighted by Gasteiger charge is 2.46. The molecule has 1 aliphatic heterocycles. The summed E-state index contributed by atoms with van der Waals surface area (Å²) in [4.78, 5) is 27.8. The summed E-state index contributed by atoms with van der Waals surface area (Å²) in [5.41, 5.74) is 1.07. The zero-order valence-electron chi connectivity index (χ0n) is 12.5. The van der Waals surface area contributed by atoms with Gasteiger partial charge in [-0.15, -0.1) is 0 Å². The average molecular weight is 303 g/mol. The number of amides is 1. The number of carboxylic acids is 1. The molecule has 0 atom stereocenters. The quantitative estimate of drug-likeness (QED) is 0.814. The number of piperidine rings is 1. The number of hydrogen-bond donors (Lipinski definition) is 2. The Bertz CT molecular complexity index is 542. The van der Waals surface area contributed by atoms with E-state index in [1.165, 1.54) is 0 Å². The fourth-order valence-corrected chi connectivity index (χ4v) is 3.90. The van der Waals surface area contributed by atoms with E-state index >= 15 is 0 Å². The molecule has 1 aromatic heterocycles. The van der Waals surface area contributed by atoms with Gasteiger partial charge in [0.1, 0.15) is 5.82 Å². The van der Waals surface area contributed by atoms with Crippen molar-refractivity contribution in [2.75, 3.05) is 23.3 Å². The van der Waals surface area contributed by atoms with E-state index in [2.05, 4.69) is 15.2 Å². The first-order valence-corrected chi connectivity index (χ1v) is 7.73. The Labute approximate surface area is 129 Å².